The Hall–Kier alpha value is -1.04. The van der Waals surface area contributed by atoms with Gasteiger partial charge in [-0.25, -0.2) is 4.98 Å². The summed E-state index contributed by atoms with van der Waals surface area (Å²) in [7, 11) is 1.72. The molecule has 1 atom stereocenters. The molecule has 0 aliphatic heterocycles. The van der Waals surface area contributed by atoms with Crippen LogP contribution in [0.25, 0.3) is 0 Å². The first-order chi connectivity index (χ1) is 9.20. The highest BCUT2D eigenvalue weighted by Gasteiger charge is 2.11. The standard InChI is InChI=1S/C13H18ClN3OS/c1-10(11-4-5-12(14)19-11)16-13-15-6-8-17(13)7-3-9-18-2/h4-6,8,10H,3,7,9H2,1-2H3,(H,15,16). The molecule has 19 heavy (non-hydrogen) atoms. The Morgan fingerprint density at radius 3 is 3.05 bits per heavy atom. The SMILES string of the molecule is COCCCn1ccnc1NC(C)c1ccc(Cl)s1. The van der Waals surface area contributed by atoms with Gasteiger partial charge in [0.1, 0.15) is 0 Å². The number of rotatable bonds is 7. The lowest BCUT2D eigenvalue weighted by Crippen LogP contribution is -2.11. The van der Waals surface area contributed by atoms with Crippen LogP contribution >= 0.6 is 22.9 Å². The van der Waals surface area contributed by atoms with Gasteiger partial charge in [0.15, 0.2) is 0 Å². The molecule has 1 N–H and O–H groups in total. The molecule has 104 valence electrons. The average Bonchev–Trinajstić information content (AvgIpc) is 2.99. The lowest BCUT2D eigenvalue weighted by Gasteiger charge is -2.14. The third-order valence-corrected chi connectivity index (χ3v) is 4.24. The Morgan fingerprint density at radius 2 is 2.37 bits per heavy atom. The summed E-state index contributed by atoms with van der Waals surface area (Å²) >= 11 is 7.55. The number of anilines is 1. The Balaban J connectivity index is 1.97. The van der Waals surface area contributed by atoms with Crippen LogP contribution in [0.3, 0.4) is 0 Å². The highest BCUT2D eigenvalue weighted by Crippen LogP contribution is 2.28. The number of methoxy groups -OCH3 is 1. The van der Waals surface area contributed by atoms with Gasteiger partial charge >= 0.3 is 0 Å². The third kappa shape index (κ3) is 3.96. The van der Waals surface area contributed by atoms with Crippen molar-refractivity contribution < 1.29 is 4.74 Å². The molecule has 0 saturated carbocycles. The number of thiophene rings is 1. The Bertz CT molecular complexity index is 511. The van der Waals surface area contributed by atoms with Gasteiger partial charge in [-0.05, 0) is 25.5 Å². The molecular formula is C13H18ClN3OS. The van der Waals surface area contributed by atoms with E-state index in [1.165, 1.54) is 4.88 Å². The second kappa shape index (κ2) is 6.93. The lowest BCUT2D eigenvalue weighted by molar-refractivity contribution is 0.190. The maximum atomic E-state index is 5.96. The number of hydrogen-bond acceptors (Lipinski definition) is 4. The van der Waals surface area contributed by atoms with E-state index in [0.717, 1.165) is 29.9 Å². The molecule has 2 rings (SSSR count). The van der Waals surface area contributed by atoms with Gasteiger partial charge in [-0.2, -0.15) is 0 Å². The second-order valence-electron chi connectivity index (χ2n) is 4.30. The zero-order valence-corrected chi connectivity index (χ0v) is 12.7. The molecule has 6 heteroatoms. The third-order valence-electron chi connectivity index (χ3n) is 2.83. The van der Waals surface area contributed by atoms with E-state index in [9.17, 15) is 0 Å². The first kappa shape index (κ1) is 14.4. The fourth-order valence-electron chi connectivity index (χ4n) is 1.83. The van der Waals surface area contributed by atoms with Crippen molar-refractivity contribution in [3.63, 3.8) is 0 Å². The number of imidazole rings is 1. The van der Waals surface area contributed by atoms with E-state index < -0.39 is 0 Å². The molecule has 2 aromatic rings. The van der Waals surface area contributed by atoms with Crippen LogP contribution in [0.4, 0.5) is 5.95 Å². The second-order valence-corrected chi connectivity index (χ2v) is 6.05. The monoisotopic (exact) mass is 299 g/mol. The van der Waals surface area contributed by atoms with Gasteiger partial charge in [0, 0.05) is 37.5 Å². The number of nitrogens with zero attached hydrogens (tertiary/aromatic N) is 2. The van der Waals surface area contributed by atoms with Crippen molar-refractivity contribution in [1.29, 1.82) is 0 Å². The molecule has 0 aliphatic carbocycles. The molecule has 0 fully saturated rings. The van der Waals surface area contributed by atoms with Crippen LogP contribution in [0.1, 0.15) is 24.3 Å². The molecule has 0 aliphatic rings. The van der Waals surface area contributed by atoms with Crippen molar-refractivity contribution >= 4 is 28.9 Å². The molecule has 4 nitrogen and oxygen atoms in total. The highest BCUT2D eigenvalue weighted by atomic mass is 35.5. The molecule has 1 unspecified atom stereocenters. The maximum Gasteiger partial charge on any atom is 0.203 e. The van der Waals surface area contributed by atoms with Crippen molar-refractivity contribution in [2.45, 2.75) is 25.9 Å². The van der Waals surface area contributed by atoms with Gasteiger partial charge in [0.2, 0.25) is 5.95 Å². The summed E-state index contributed by atoms with van der Waals surface area (Å²) in [6.07, 6.45) is 4.76. The van der Waals surface area contributed by atoms with Crippen LogP contribution in [-0.2, 0) is 11.3 Å². The summed E-state index contributed by atoms with van der Waals surface area (Å²) in [6.45, 7) is 3.76. The summed E-state index contributed by atoms with van der Waals surface area (Å²) in [5.74, 6) is 0.883. The first-order valence-electron chi connectivity index (χ1n) is 6.22. The van der Waals surface area contributed by atoms with Crippen molar-refractivity contribution in [1.82, 2.24) is 9.55 Å². The van der Waals surface area contributed by atoms with Gasteiger partial charge in [-0.3, -0.25) is 0 Å². The molecule has 2 aromatic heterocycles. The highest BCUT2D eigenvalue weighted by molar-refractivity contribution is 7.16. The molecular weight excluding hydrogens is 282 g/mol. The normalized spacial score (nSPS) is 12.6. The maximum absolute atomic E-state index is 5.96. The van der Waals surface area contributed by atoms with Crippen LogP contribution in [0.15, 0.2) is 24.5 Å². The number of hydrogen-bond donors (Lipinski definition) is 1. The predicted octanol–water partition coefficient (Wildman–Crippen LogP) is 3.81. The van der Waals surface area contributed by atoms with Crippen LogP contribution in [0.2, 0.25) is 4.34 Å². The topological polar surface area (TPSA) is 39.1 Å². The molecule has 0 bridgehead atoms. The van der Waals surface area contributed by atoms with Gasteiger partial charge in [0.25, 0.3) is 0 Å². The van der Waals surface area contributed by atoms with Crippen LogP contribution in [-0.4, -0.2) is 23.3 Å². The number of nitrogens with one attached hydrogen (secondary N) is 1. The van der Waals surface area contributed by atoms with Crippen molar-refractivity contribution in [2.24, 2.45) is 0 Å². The van der Waals surface area contributed by atoms with E-state index in [2.05, 4.69) is 21.8 Å². The Kier molecular flexibility index (Phi) is 5.24. The summed E-state index contributed by atoms with van der Waals surface area (Å²) in [5.41, 5.74) is 0. The van der Waals surface area contributed by atoms with Crippen molar-refractivity contribution in [3.8, 4) is 0 Å². The number of aryl methyl sites for hydroxylation is 1. The molecule has 0 aromatic carbocycles. The predicted molar refractivity (Wildman–Crippen MR) is 80.1 cm³/mol. The van der Waals surface area contributed by atoms with Crippen LogP contribution < -0.4 is 5.32 Å². The lowest BCUT2D eigenvalue weighted by atomic mass is 10.3. The van der Waals surface area contributed by atoms with E-state index in [1.807, 2.05) is 24.5 Å². The van der Waals surface area contributed by atoms with E-state index in [-0.39, 0.29) is 6.04 Å². The Morgan fingerprint density at radius 1 is 1.53 bits per heavy atom. The van der Waals surface area contributed by atoms with Crippen molar-refractivity contribution in [3.05, 3.63) is 33.7 Å². The van der Waals surface area contributed by atoms with E-state index >= 15 is 0 Å². The largest absolute Gasteiger partial charge is 0.385 e. The quantitative estimate of drug-likeness (QED) is 0.790. The van der Waals surface area contributed by atoms with Crippen LogP contribution in [0.5, 0.6) is 0 Å². The van der Waals surface area contributed by atoms with Gasteiger partial charge in [0.05, 0.1) is 10.4 Å². The number of halogens is 1. The zero-order valence-electron chi connectivity index (χ0n) is 11.1. The van der Waals surface area contributed by atoms with E-state index in [1.54, 1.807) is 18.4 Å². The fourth-order valence-corrected chi connectivity index (χ4v) is 2.90. The van der Waals surface area contributed by atoms with Gasteiger partial charge in [-0.1, -0.05) is 11.6 Å². The minimum atomic E-state index is 0.195. The van der Waals surface area contributed by atoms with E-state index in [4.69, 9.17) is 16.3 Å². The number of aromatic nitrogens is 2. The van der Waals surface area contributed by atoms with Gasteiger partial charge < -0.3 is 14.6 Å². The first-order valence-corrected chi connectivity index (χ1v) is 7.42. The van der Waals surface area contributed by atoms with E-state index in [0.29, 0.717) is 0 Å². The van der Waals surface area contributed by atoms with Crippen LogP contribution in [0, 0.1) is 0 Å². The van der Waals surface area contributed by atoms with Crippen molar-refractivity contribution in [2.75, 3.05) is 19.0 Å². The molecule has 0 saturated heterocycles. The minimum Gasteiger partial charge on any atom is -0.385 e. The molecule has 2 heterocycles. The molecule has 0 radical (unpaired) electrons. The summed E-state index contributed by atoms with van der Waals surface area (Å²) in [6, 6.07) is 4.16. The Labute approximate surface area is 122 Å². The summed E-state index contributed by atoms with van der Waals surface area (Å²) in [5, 5.41) is 3.41. The average molecular weight is 300 g/mol. The summed E-state index contributed by atoms with van der Waals surface area (Å²) < 4.78 is 7.98. The minimum absolute atomic E-state index is 0.195. The zero-order chi connectivity index (χ0) is 13.7. The molecule has 0 spiro atoms. The molecule has 0 amide bonds. The fraction of sp³-hybridized carbons (Fsp3) is 0.462. The van der Waals surface area contributed by atoms with Gasteiger partial charge in [-0.15, -0.1) is 11.3 Å². The smallest absolute Gasteiger partial charge is 0.203 e. The number of ether oxygens (including phenoxy) is 1. The summed E-state index contributed by atoms with van der Waals surface area (Å²) in [4.78, 5) is 5.55.